The number of aromatic nitrogens is 1. The standard InChI is InChI=1S/C19H19FN2O3S/c1-14-22-19(16-5-3-2-4-6-16)18(25-14)11-12-21-26(23,24)13-15-7-9-17(20)10-8-15/h2-10,21H,11-13H2,1H3. The van der Waals surface area contributed by atoms with Crippen molar-refractivity contribution >= 4 is 10.0 Å². The van der Waals surface area contributed by atoms with Crippen LogP contribution in [0, 0.1) is 12.7 Å². The Morgan fingerprint density at radius 1 is 1.08 bits per heavy atom. The fourth-order valence-corrected chi connectivity index (χ4v) is 3.78. The van der Waals surface area contributed by atoms with Gasteiger partial charge in [0.15, 0.2) is 5.89 Å². The molecule has 0 unspecified atom stereocenters. The molecule has 1 N–H and O–H groups in total. The normalized spacial score (nSPS) is 11.6. The van der Waals surface area contributed by atoms with Crippen molar-refractivity contribution in [2.75, 3.05) is 6.54 Å². The van der Waals surface area contributed by atoms with Crippen LogP contribution >= 0.6 is 0 Å². The summed E-state index contributed by atoms with van der Waals surface area (Å²) in [5.74, 6) is 0.577. The minimum atomic E-state index is -3.52. The average Bonchev–Trinajstić information content (AvgIpc) is 2.98. The molecule has 3 aromatic rings. The molecule has 0 aliphatic carbocycles. The van der Waals surface area contributed by atoms with Crippen LogP contribution < -0.4 is 4.72 Å². The molecule has 0 saturated carbocycles. The van der Waals surface area contributed by atoms with Gasteiger partial charge < -0.3 is 4.42 Å². The van der Waals surface area contributed by atoms with Gasteiger partial charge in [0.05, 0.1) is 5.75 Å². The van der Waals surface area contributed by atoms with Crippen LogP contribution in [0.25, 0.3) is 11.3 Å². The monoisotopic (exact) mass is 374 g/mol. The van der Waals surface area contributed by atoms with E-state index in [2.05, 4.69) is 9.71 Å². The summed E-state index contributed by atoms with van der Waals surface area (Å²) in [6, 6.07) is 15.0. The first-order chi connectivity index (χ1) is 12.4. The third kappa shape index (κ3) is 4.77. The van der Waals surface area contributed by atoms with Crippen LogP contribution in [0.2, 0.25) is 0 Å². The lowest BCUT2D eigenvalue weighted by atomic mass is 10.1. The lowest BCUT2D eigenvalue weighted by molar-refractivity contribution is 0.473. The molecule has 0 radical (unpaired) electrons. The maximum absolute atomic E-state index is 12.9. The number of nitrogens with zero attached hydrogens (tertiary/aromatic N) is 1. The van der Waals surface area contributed by atoms with E-state index in [0.29, 0.717) is 23.6 Å². The number of aryl methyl sites for hydroxylation is 1. The minimum Gasteiger partial charge on any atom is -0.445 e. The highest BCUT2D eigenvalue weighted by molar-refractivity contribution is 7.88. The molecule has 0 bridgehead atoms. The maximum atomic E-state index is 12.9. The second kappa shape index (κ2) is 7.80. The van der Waals surface area contributed by atoms with Gasteiger partial charge in [0.25, 0.3) is 0 Å². The van der Waals surface area contributed by atoms with Gasteiger partial charge in [0.2, 0.25) is 10.0 Å². The van der Waals surface area contributed by atoms with E-state index in [1.54, 1.807) is 6.92 Å². The summed E-state index contributed by atoms with van der Waals surface area (Å²) in [5.41, 5.74) is 2.17. The van der Waals surface area contributed by atoms with Gasteiger partial charge in [0, 0.05) is 25.5 Å². The third-order valence-corrected chi connectivity index (χ3v) is 5.15. The van der Waals surface area contributed by atoms with Crippen LogP contribution in [0.5, 0.6) is 0 Å². The Labute approximate surface area is 151 Å². The number of nitrogens with one attached hydrogen (secondary N) is 1. The van der Waals surface area contributed by atoms with Gasteiger partial charge >= 0.3 is 0 Å². The highest BCUT2D eigenvalue weighted by Gasteiger charge is 2.15. The van der Waals surface area contributed by atoms with Crippen molar-refractivity contribution in [2.24, 2.45) is 0 Å². The number of rotatable bonds is 7. The van der Waals surface area contributed by atoms with E-state index >= 15 is 0 Å². The highest BCUT2D eigenvalue weighted by atomic mass is 32.2. The largest absolute Gasteiger partial charge is 0.445 e. The third-order valence-electron chi connectivity index (χ3n) is 3.80. The van der Waals surface area contributed by atoms with Crippen LogP contribution in [0.3, 0.4) is 0 Å². The highest BCUT2D eigenvalue weighted by Crippen LogP contribution is 2.24. The molecule has 5 nitrogen and oxygen atoms in total. The molecule has 7 heteroatoms. The topological polar surface area (TPSA) is 72.2 Å². The average molecular weight is 374 g/mol. The van der Waals surface area contributed by atoms with E-state index in [0.717, 1.165) is 11.3 Å². The first-order valence-electron chi connectivity index (χ1n) is 8.16. The van der Waals surface area contributed by atoms with Crippen molar-refractivity contribution in [3.63, 3.8) is 0 Å². The number of oxazole rings is 1. The Morgan fingerprint density at radius 3 is 2.46 bits per heavy atom. The molecule has 1 heterocycles. The molecule has 0 fully saturated rings. The SMILES string of the molecule is Cc1nc(-c2ccccc2)c(CCNS(=O)(=O)Cc2ccc(F)cc2)o1. The van der Waals surface area contributed by atoms with Gasteiger partial charge in [-0.2, -0.15) is 0 Å². The van der Waals surface area contributed by atoms with Crippen molar-refractivity contribution in [1.82, 2.24) is 9.71 Å². The lowest BCUT2D eigenvalue weighted by Crippen LogP contribution is -2.27. The van der Waals surface area contributed by atoms with Crippen molar-refractivity contribution in [2.45, 2.75) is 19.1 Å². The van der Waals surface area contributed by atoms with Crippen molar-refractivity contribution in [1.29, 1.82) is 0 Å². The molecule has 0 amide bonds. The number of hydrogen-bond donors (Lipinski definition) is 1. The van der Waals surface area contributed by atoms with Gasteiger partial charge in [0.1, 0.15) is 17.3 Å². The summed E-state index contributed by atoms with van der Waals surface area (Å²) >= 11 is 0. The molecule has 2 aromatic carbocycles. The number of hydrogen-bond acceptors (Lipinski definition) is 4. The lowest BCUT2D eigenvalue weighted by Gasteiger charge is -2.07. The molecule has 0 aliphatic heterocycles. The molecule has 0 atom stereocenters. The first-order valence-corrected chi connectivity index (χ1v) is 9.82. The molecule has 0 aliphatic rings. The second-order valence-corrected chi connectivity index (χ2v) is 7.71. The smallest absolute Gasteiger partial charge is 0.215 e. The number of halogens is 1. The zero-order chi connectivity index (χ0) is 18.6. The predicted octanol–water partition coefficient (Wildman–Crippen LogP) is 3.45. The summed E-state index contributed by atoms with van der Waals surface area (Å²) < 4.78 is 45.5. The van der Waals surface area contributed by atoms with E-state index in [4.69, 9.17) is 4.42 Å². The van der Waals surface area contributed by atoms with Gasteiger partial charge in [-0.15, -0.1) is 0 Å². The van der Waals surface area contributed by atoms with Gasteiger partial charge in [-0.3, -0.25) is 0 Å². The molecule has 1 aromatic heterocycles. The number of benzene rings is 2. The summed E-state index contributed by atoms with van der Waals surface area (Å²) in [7, 11) is -3.52. The van der Waals surface area contributed by atoms with Crippen LogP contribution in [0.4, 0.5) is 4.39 Å². The summed E-state index contributed by atoms with van der Waals surface area (Å²) in [6.45, 7) is 1.95. The second-order valence-electron chi connectivity index (χ2n) is 5.90. The Morgan fingerprint density at radius 2 is 1.77 bits per heavy atom. The van der Waals surface area contributed by atoms with Gasteiger partial charge in [-0.05, 0) is 17.7 Å². The first kappa shape index (κ1) is 18.3. The zero-order valence-corrected chi connectivity index (χ0v) is 15.1. The molecular weight excluding hydrogens is 355 g/mol. The molecule has 3 rings (SSSR count). The molecular formula is C19H19FN2O3S. The maximum Gasteiger partial charge on any atom is 0.215 e. The molecule has 136 valence electrons. The van der Waals surface area contributed by atoms with Crippen LogP contribution in [0.15, 0.2) is 59.0 Å². The van der Waals surface area contributed by atoms with Crippen molar-refractivity contribution < 1.29 is 17.2 Å². The summed E-state index contributed by atoms with van der Waals surface area (Å²) in [5, 5.41) is 0. The minimum absolute atomic E-state index is 0.192. The Hall–Kier alpha value is -2.51. The van der Waals surface area contributed by atoms with E-state index in [-0.39, 0.29) is 12.3 Å². The van der Waals surface area contributed by atoms with Gasteiger partial charge in [-0.25, -0.2) is 22.5 Å². The summed E-state index contributed by atoms with van der Waals surface area (Å²) in [6.07, 6.45) is 0.383. The Kier molecular flexibility index (Phi) is 5.49. The van der Waals surface area contributed by atoms with E-state index in [1.807, 2.05) is 30.3 Å². The van der Waals surface area contributed by atoms with Crippen LogP contribution in [0.1, 0.15) is 17.2 Å². The molecule has 26 heavy (non-hydrogen) atoms. The van der Waals surface area contributed by atoms with Crippen molar-refractivity contribution in [3.8, 4) is 11.3 Å². The molecule has 0 spiro atoms. The molecule has 0 saturated heterocycles. The van der Waals surface area contributed by atoms with Gasteiger partial charge in [-0.1, -0.05) is 42.5 Å². The fraction of sp³-hybridized carbons (Fsp3) is 0.211. The quantitative estimate of drug-likeness (QED) is 0.687. The van der Waals surface area contributed by atoms with E-state index < -0.39 is 15.8 Å². The van der Waals surface area contributed by atoms with Crippen LogP contribution in [-0.4, -0.2) is 19.9 Å². The van der Waals surface area contributed by atoms with Crippen molar-refractivity contribution in [3.05, 3.63) is 77.6 Å². The number of sulfonamides is 1. The Bertz CT molecular complexity index is 968. The van der Waals surface area contributed by atoms with Crippen LogP contribution in [-0.2, 0) is 22.2 Å². The Balaban J connectivity index is 1.64. The zero-order valence-electron chi connectivity index (χ0n) is 14.3. The predicted molar refractivity (Wildman–Crippen MR) is 97.4 cm³/mol. The summed E-state index contributed by atoms with van der Waals surface area (Å²) in [4.78, 5) is 4.39. The van der Waals surface area contributed by atoms with E-state index in [9.17, 15) is 12.8 Å². The fourth-order valence-electron chi connectivity index (χ4n) is 2.63. The van der Waals surface area contributed by atoms with E-state index in [1.165, 1.54) is 24.3 Å².